The molecule has 5 heteroatoms. The Kier molecular flexibility index (Phi) is 7.76. The average molecular weight is 395 g/mol. The summed E-state index contributed by atoms with van der Waals surface area (Å²) < 4.78 is 19.4. The van der Waals surface area contributed by atoms with E-state index in [-0.39, 0.29) is 11.9 Å². The molecule has 2 atom stereocenters. The Morgan fingerprint density at radius 3 is 2.65 bits per heavy atom. The summed E-state index contributed by atoms with van der Waals surface area (Å²) in [6, 6.07) is 4.53. The summed E-state index contributed by atoms with van der Waals surface area (Å²) in [5.41, 5.74) is 0.821. The van der Waals surface area contributed by atoms with Crippen LogP contribution in [0.25, 0.3) is 0 Å². The first-order chi connectivity index (χ1) is 9.38. The van der Waals surface area contributed by atoms with Crippen LogP contribution in [0.4, 0.5) is 10.1 Å². The van der Waals surface area contributed by atoms with E-state index in [0.717, 1.165) is 15.7 Å². The number of halogens is 2. The SMILES string of the molecule is CC(C)CC(C)OCC(O)CNc1ccc(F)cc1I. The highest BCUT2D eigenvalue weighted by Gasteiger charge is 2.10. The van der Waals surface area contributed by atoms with Gasteiger partial charge < -0.3 is 15.2 Å². The zero-order valence-electron chi connectivity index (χ0n) is 12.2. The molecule has 0 heterocycles. The highest BCUT2D eigenvalue weighted by molar-refractivity contribution is 14.1. The van der Waals surface area contributed by atoms with E-state index in [1.807, 2.05) is 6.92 Å². The lowest BCUT2D eigenvalue weighted by atomic mass is 10.1. The van der Waals surface area contributed by atoms with Crippen LogP contribution in [-0.4, -0.2) is 30.5 Å². The molecular formula is C15H23FINO2. The maximum atomic E-state index is 13.0. The fourth-order valence-corrected chi connectivity index (χ4v) is 2.59. The average Bonchev–Trinajstić information content (AvgIpc) is 2.34. The van der Waals surface area contributed by atoms with Crippen LogP contribution < -0.4 is 5.32 Å². The van der Waals surface area contributed by atoms with E-state index in [2.05, 4.69) is 41.8 Å². The minimum absolute atomic E-state index is 0.149. The van der Waals surface area contributed by atoms with Crippen molar-refractivity contribution in [2.75, 3.05) is 18.5 Å². The molecule has 0 aliphatic carbocycles. The third kappa shape index (κ3) is 6.85. The zero-order chi connectivity index (χ0) is 15.1. The van der Waals surface area contributed by atoms with Crippen molar-refractivity contribution in [2.24, 2.45) is 5.92 Å². The molecule has 114 valence electrons. The number of benzene rings is 1. The summed E-state index contributed by atoms with van der Waals surface area (Å²) in [7, 11) is 0. The van der Waals surface area contributed by atoms with Gasteiger partial charge in [0.25, 0.3) is 0 Å². The van der Waals surface area contributed by atoms with Crippen molar-refractivity contribution in [3.05, 3.63) is 27.6 Å². The lowest BCUT2D eigenvalue weighted by Crippen LogP contribution is -2.27. The maximum absolute atomic E-state index is 13.0. The first-order valence-corrected chi connectivity index (χ1v) is 7.95. The van der Waals surface area contributed by atoms with Crippen LogP contribution in [0.2, 0.25) is 0 Å². The molecule has 0 radical (unpaired) electrons. The summed E-state index contributed by atoms with van der Waals surface area (Å²) in [6.07, 6.45) is 0.553. The van der Waals surface area contributed by atoms with Gasteiger partial charge in [0.1, 0.15) is 5.82 Å². The largest absolute Gasteiger partial charge is 0.389 e. The van der Waals surface area contributed by atoms with E-state index in [0.29, 0.717) is 19.1 Å². The molecule has 0 aromatic heterocycles. The molecule has 1 rings (SSSR count). The van der Waals surface area contributed by atoms with E-state index < -0.39 is 6.10 Å². The predicted molar refractivity (Wildman–Crippen MR) is 88.5 cm³/mol. The van der Waals surface area contributed by atoms with Gasteiger partial charge in [-0.3, -0.25) is 0 Å². The molecule has 3 nitrogen and oxygen atoms in total. The summed E-state index contributed by atoms with van der Waals surface area (Å²) in [4.78, 5) is 0. The minimum Gasteiger partial charge on any atom is -0.389 e. The fraction of sp³-hybridized carbons (Fsp3) is 0.600. The van der Waals surface area contributed by atoms with Crippen LogP contribution in [0.15, 0.2) is 18.2 Å². The van der Waals surface area contributed by atoms with E-state index in [1.165, 1.54) is 12.1 Å². The lowest BCUT2D eigenvalue weighted by Gasteiger charge is -2.19. The van der Waals surface area contributed by atoms with Crippen LogP contribution in [-0.2, 0) is 4.74 Å². The highest BCUT2D eigenvalue weighted by atomic mass is 127. The summed E-state index contributed by atoms with van der Waals surface area (Å²) in [6.45, 7) is 7.00. The predicted octanol–water partition coefficient (Wildman–Crippen LogP) is 3.65. The zero-order valence-corrected chi connectivity index (χ0v) is 14.4. The van der Waals surface area contributed by atoms with E-state index in [1.54, 1.807) is 6.07 Å². The molecule has 0 spiro atoms. The van der Waals surface area contributed by atoms with E-state index >= 15 is 0 Å². The number of nitrogens with one attached hydrogen (secondary N) is 1. The van der Waals surface area contributed by atoms with E-state index in [9.17, 15) is 9.50 Å². The molecular weight excluding hydrogens is 372 g/mol. The third-order valence-electron chi connectivity index (χ3n) is 2.84. The number of hydrogen-bond donors (Lipinski definition) is 2. The fourth-order valence-electron chi connectivity index (χ4n) is 1.93. The molecule has 2 unspecified atom stereocenters. The minimum atomic E-state index is -0.578. The second kappa shape index (κ2) is 8.79. The lowest BCUT2D eigenvalue weighted by molar-refractivity contribution is -0.00444. The van der Waals surface area contributed by atoms with Crippen LogP contribution in [0, 0.1) is 15.3 Å². The number of anilines is 1. The second-order valence-electron chi connectivity index (χ2n) is 5.43. The standard InChI is InChI=1S/C15H23FINO2/c1-10(2)6-11(3)20-9-13(19)8-18-15-5-4-12(16)7-14(15)17/h4-5,7,10-11,13,18-19H,6,8-9H2,1-3H3. The molecule has 1 aromatic rings. The Balaban J connectivity index is 2.30. The normalized spacial score (nSPS) is 14.3. The molecule has 0 amide bonds. The van der Waals surface area contributed by atoms with Crippen LogP contribution in [0.1, 0.15) is 27.2 Å². The van der Waals surface area contributed by atoms with Crippen molar-refractivity contribution in [1.82, 2.24) is 0 Å². The summed E-state index contributed by atoms with van der Waals surface area (Å²) in [5, 5.41) is 13.0. The first kappa shape index (κ1) is 17.7. The maximum Gasteiger partial charge on any atom is 0.124 e. The topological polar surface area (TPSA) is 41.5 Å². The number of rotatable bonds is 8. The van der Waals surface area contributed by atoms with Crippen molar-refractivity contribution < 1.29 is 14.2 Å². The number of aliphatic hydroxyl groups excluding tert-OH is 1. The van der Waals surface area contributed by atoms with Crippen molar-refractivity contribution in [1.29, 1.82) is 0 Å². The number of ether oxygens (including phenoxy) is 1. The van der Waals surface area contributed by atoms with Gasteiger partial charge in [0, 0.05) is 15.8 Å². The molecule has 20 heavy (non-hydrogen) atoms. The molecule has 0 aliphatic rings. The smallest absolute Gasteiger partial charge is 0.124 e. The van der Waals surface area contributed by atoms with Gasteiger partial charge >= 0.3 is 0 Å². The Morgan fingerprint density at radius 2 is 2.05 bits per heavy atom. The summed E-state index contributed by atoms with van der Waals surface area (Å²) >= 11 is 2.06. The Morgan fingerprint density at radius 1 is 1.35 bits per heavy atom. The van der Waals surface area contributed by atoms with E-state index in [4.69, 9.17) is 4.74 Å². The van der Waals surface area contributed by atoms with Crippen LogP contribution >= 0.6 is 22.6 Å². The number of hydrogen-bond acceptors (Lipinski definition) is 3. The Bertz CT molecular complexity index is 415. The van der Waals surface area contributed by atoms with Gasteiger partial charge in [0.2, 0.25) is 0 Å². The second-order valence-corrected chi connectivity index (χ2v) is 6.59. The molecule has 0 bridgehead atoms. The Labute approximate surface area is 134 Å². The van der Waals surface area contributed by atoms with Crippen molar-refractivity contribution in [3.8, 4) is 0 Å². The van der Waals surface area contributed by atoms with Gasteiger partial charge in [0.05, 0.1) is 18.8 Å². The molecule has 0 saturated heterocycles. The van der Waals surface area contributed by atoms with Crippen molar-refractivity contribution in [2.45, 2.75) is 39.4 Å². The van der Waals surface area contributed by atoms with Crippen molar-refractivity contribution >= 4 is 28.3 Å². The van der Waals surface area contributed by atoms with Gasteiger partial charge in [-0.05, 0) is 60.1 Å². The van der Waals surface area contributed by atoms with Crippen LogP contribution in [0.3, 0.4) is 0 Å². The molecule has 0 aliphatic heterocycles. The number of aliphatic hydroxyl groups is 1. The van der Waals surface area contributed by atoms with Crippen LogP contribution in [0.5, 0.6) is 0 Å². The van der Waals surface area contributed by atoms with Gasteiger partial charge in [0.15, 0.2) is 0 Å². The highest BCUT2D eigenvalue weighted by Crippen LogP contribution is 2.18. The quantitative estimate of drug-likeness (QED) is 0.661. The summed E-state index contributed by atoms with van der Waals surface area (Å²) in [5.74, 6) is 0.326. The first-order valence-electron chi connectivity index (χ1n) is 6.87. The van der Waals surface area contributed by atoms with Gasteiger partial charge in [-0.2, -0.15) is 0 Å². The molecule has 1 aromatic carbocycles. The monoisotopic (exact) mass is 395 g/mol. The van der Waals surface area contributed by atoms with Gasteiger partial charge in [-0.15, -0.1) is 0 Å². The van der Waals surface area contributed by atoms with Crippen molar-refractivity contribution in [3.63, 3.8) is 0 Å². The van der Waals surface area contributed by atoms with Gasteiger partial charge in [-0.1, -0.05) is 13.8 Å². The molecule has 2 N–H and O–H groups in total. The molecule has 0 fully saturated rings. The Hall–Kier alpha value is -0.400. The van der Waals surface area contributed by atoms with Gasteiger partial charge in [-0.25, -0.2) is 4.39 Å². The molecule has 0 saturated carbocycles. The third-order valence-corrected chi connectivity index (χ3v) is 3.73.